The van der Waals surface area contributed by atoms with Crippen molar-refractivity contribution in [1.82, 2.24) is 30.7 Å². The number of carbonyl (C=O) groups excluding carboxylic acids is 8. The predicted octanol–water partition coefficient (Wildman–Crippen LogP) is 8.67. The van der Waals surface area contributed by atoms with E-state index in [1.165, 1.54) is 11.9 Å². The molecular weight excluding hydrogens is 1060 g/mol. The van der Waals surface area contributed by atoms with Crippen LogP contribution in [0.4, 0.5) is 15.3 Å². The van der Waals surface area contributed by atoms with Crippen LogP contribution in [0.1, 0.15) is 166 Å². The van der Waals surface area contributed by atoms with Crippen molar-refractivity contribution in [2.75, 3.05) is 39.6 Å². The third-order valence-corrected chi connectivity index (χ3v) is 16.7. The van der Waals surface area contributed by atoms with Crippen LogP contribution in [0, 0.1) is 47.3 Å². The number of methoxy groups -OCH3 is 1. The van der Waals surface area contributed by atoms with Gasteiger partial charge in [0.2, 0.25) is 23.6 Å². The zero-order chi connectivity index (χ0) is 62.6. The third kappa shape index (κ3) is 21.6. The van der Waals surface area contributed by atoms with E-state index < -0.39 is 66.3 Å². The fourth-order valence-electron chi connectivity index (χ4n) is 11.5. The van der Waals surface area contributed by atoms with Crippen LogP contribution in [-0.4, -0.2) is 143 Å². The Kier molecular flexibility index (Phi) is 28.8. The quantitative estimate of drug-likeness (QED) is 0.0367. The molecule has 19 heteroatoms. The van der Waals surface area contributed by atoms with Gasteiger partial charge < -0.3 is 56.3 Å². The molecule has 0 aromatic heterocycles. The number of hydrogen-bond acceptors (Lipinski definition) is 12. The number of nitrogens with zero attached hydrogens (tertiary/aromatic N) is 3. The van der Waals surface area contributed by atoms with Crippen LogP contribution in [0.15, 0.2) is 54.6 Å². The van der Waals surface area contributed by atoms with Crippen molar-refractivity contribution < 1.29 is 52.9 Å². The first-order valence-electron chi connectivity index (χ1n) is 30.1. The first-order valence-corrected chi connectivity index (χ1v) is 30.1. The highest BCUT2D eigenvalue weighted by atomic mass is 16.6. The summed E-state index contributed by atoms with van der Waals surface area (Å²) in [5, 5.41) is 22.8. The summed E-state index contributed by atoms with van der Waals surface area (Å²) in [7, 11) is 4.76. The number of ketones is 2. The summed E-state index contributed by atoms with van der Waals surface area (Å²) in [6.07, 6.45) is 0.496. The highest BCUT2D eigenvalue weighted by Crippen LogP contribution is 2.33. The topological polar surface area (TPSA) is 259 Å². The van der Waals surface area contributed by atoms with Crippen molar-refractivity contribution in [2.24, 2.45) is 53.1 Å². The minimum Gasteiger partial charge on any atom is -0.445 e. The van der Waals surface area contributed by atoms with E-state index in [0.29, 0.717) is 42.6 Å². The molecule has 1 aliphatic rings. The maximum atomic E-state index is 14.8. The number of anilines is 1. The number of rotatable bonds is 33. The van der Waals surface area contributed by atoms with Crippen LogP contribution in [0.5, 0.6) is 0 Å². The van der Waals surface area contributed by atoms with Crippen LogP contribution in [0.2, 0.25) is 0 Å². The molecule has 7 amide bonds. The molecular formula is C64H104N8O11. The van der Waals surface area contributed by atoms with Gasteiger partial charge in [0, 0.05) is 82.2 Å². The Bertz CT molecular complexity index is 2410. The Morgan fingerprint density at radius 2 is 1.42 bits per heavy atom. The molecule has 0 radical (unpaired) electrons. The summed E-state index contributed by atoms with van der Waals surface area (Å²) in [4.78, 5) is 114. The minimum absolute atomic E-state index is 0.000592. The predicted molar refractivity (Wildman–Crippen MR) is 325 cm³/mol. The molecule has 0 aliphatic carbocycles. The van der Waals surface area contributed by atoms with Gasteiger partial charge in [-0.1, -0.05) is 118 Å². The van der Waals surface area contributed by atoms with E-state index in [2.05, 4.69) is 21.3 Å². The van der Waals surface area contributed by atoms with Gasteiger partial charge in [-0.05, 0) is 106 Å². The SMILES string of the molecule is CC[C@H](C)[C@@H]([C@@H](CC(=O)N1CCC[C@H]1[C@H](C)[C@H](C)C(=O)N[C@@H](C)[C@H](O)c1ccccc1)OC)N(C)C(=O)[C@@H](CC(=O)[C@H](C(C)C)N(C)C(=O)OCc1ccc(NC(=O)[C@H](CCCNC(N)=O)CC(=O)[C@@H](NC(C)(C)C)C(C)C)cc1)C(C)C. The summed E-state index contributed by atoms with van der Waals surface area (Å²) in [6.45, 7) is 27.6. The molecule has 0 bridgehead atoms. The standard InChI is InChI=1S/C64H104N8O11/c1-18-41(8)57(53(82-17)36-54(75)72-33-23-27-50(72)42(9)43(10)59(77)67-44(11)58(76)46-24-20-19-21-25-46)70(15)61(79)49(38(2)3)35-52(74)56(40(6)7)71(16)63(81)83-37-45-28-30-48(31-29-45)68-60(78)47(26-22-32-66-62(65)80)34-51(73)55(39(4)5)69-64(12,13)14/h19-21,24-25,28-31,38-44,47,49-50,53,55-58,69,76H,18,22-23,26-27,32-37H2,1-17H3,(H,67,77)(H,68,78)(H3,65,66,80)/t41-,42+,43-,44-,47+,49-,50-,53+,55-,56-,57-,58-/m0/s1. The molecule has 83 heavy (non-hydrogen) atoms. The van der Waals surface area contributed by atoms with Gasteiger partial charge in [-0.15, -0.1) is 0 Å². The van der Waals surface area contributed by atoms with Crippen molar-refractivity contribution >= 4 is 53.0 Å². The number of likely N-dealkylation sites (N-methyl/N-ethyl adjacent to an activating group) is 2. The lowest BCUT2D eigenvalue weighted by atomic mass is 9.83. The Hall–Kier alpha value is -5.92. The van der Waals surface area contributed by atoms with Crippen molar-refractivity contribution in [3.05, 3.63) is 65.7 Å². The van der Waals surface area contributed by atoms with Crippen LogP contribution >= 0.6 is 0 Å². The second kappa shape index (κ2) is 33.5. The average Bonchev–Trinajstić information content (AvgIpc) is 4.12. The van der Waals surface area contributed by atoms with Crippen molar-refractivity contribution in [3.63, 3.8) is 0 Å². The van der Waals surface area contributed by atoms with E-state index in [1.54, 1.807) is 50.2 Å². The Morgan fingerprint density at radius 1 is 0.795 bits per heavy atom. The summed E-state index contributed by atoms with van der Waals surface area (Å²) < 4.78 is 11.8. The smallest absolute Gasteiger partial charge is 0.410 e. The molecule has 0 spiro atoms. The highest BCUT2D eigenvalue weighted by molar-refractivity contribution is 5.96. The zero-order valence-electron chi connectivity index (χ0n) is 53.1. The molecule has 7 N–H and O–H groups in total. The van der Waals surface area contributed by atoms with Gasteiger partial charge in [-0.3, -0.25) is 28.8 Å². The summed E-state index contributed by atoms with van der Waals surface area (Å²) >= 11 is 0. The second-order valence-corrected chi connectivity index (χ2v) is 25.4. The lowest BCUT2D eigenvalue weighted by molar-refractivity contribution is -0.148. The van der Waals surface area contributed by atoms with Crippen molar-refractivity contribution in [2.45, 2.75) is 203 Å². The number of aliphatic hydroxyl groups excluding tert-OH is 1. The van der Waals surface area contributed by atoms with E-state index in [-0.39, 0.29) is 109 Å². The number of primary amides is 1. The number of aliphatic hydroxyl groups is 1. The van der Waals surface area contributed by atoms with Crippen molar-refractivity contribution in [1.29, 1.82) is 0 Å². The normalized spacial score (nSPS) is 17.7. The maximum absolute atomic E-state index is 14.8. The maximum Gasteiger partial charge on any atom is 0.410 e. The van der Waals surface area contributed by atoms with E-state index in [1.807, 2.05) is 125 Å². The molecule has 1 heterocycles. The minimum atomic E-state index is -0.922. The largest absolute Gasteiger partial charge is 0.445 e. The van der Waals surface area contributed by atoms with Gasteiger partial charge in [-0.2, -0.15) is 0 Å². The van der Waals surface area contributed by atoms with Gasteiger partial charge in [0.05, 0.1) is 42.8 Å². The average molecular weight is 1160 g/mol. The summed E-state index contributed by atoms with van der Waals surface area (Å²) in [6, 6.07) is 12.6. The summed E-state index contributed by atoms with van der Waals surface area (Å²) in [5.41, 5.74) is 6.71. The number of nitrogens with two attached hydrogens (primary N) is 1. The van der Waals surface area contributed by atoms with E-state index in [4.69, 9.17) is 15.2 Å². The lowest BCUT2D eigenvalue weighted by Gasteiger charge is -2.41. The van der Waals surface area contributed by atoms with Gasteiger partial charge in [-0.25, -0.2) is 9.59 Å². The van der Waals surface area contributed by atoms with Gasteiger partial charge in [0.25, 0.3) is 0 Å². The fourth-order valence-corrected chi connectivity index (χ4v) is 11.5. The first kappa shape index (κ1) is 71.3. The van der Waals surface area contributed by atoms with Crippen LogP contribution in [-0.2, 0) is 44.8 Å². The molecule has 2 aromatic carbocycles. The lowest BCUT2D eigenvalue weighted by Crippen LogP contribution is -2.54. The second-order valence-electron chi connectivity index (χ2n) is 25.4. The molecule has 0 saturated carbocycles. The number of benzene rings is 2. The number of urea groups is 1. The Morgan fingerprint density at radius 3 is 1.96 bits per heavy atom. The van der Waals surface area contributed by atoms with Crippen LogP contribution in [0.25, 0.3) is 0 Å². The fraction of sp³-hybridized carbons (Fsp3) is 0.688. The summed E-state index contributed by atoms with van der Waals surface area (Å²) in [5.74, 6) is -4.15. The van der Waals surface area contributed by atoms with Gasteiger partial charge in [0.1, 0.15) is 6.61 Å². The number of Topliss-reactive ketones (excluding diaryl/α,β-unsaturated/α-hetero) is 2. The number of carbonyl (C=O) groups is 8. The Labute approximate surface area is 496 Å². The number of hydrogen-bond donors (Lipinski definition) is 6. The van der Waals surface area contributed by atoms with Crippen LogP contribution < -0.4 is 27.0 Å². The van der Waals surface area contributed by atoms with Crippen LogP contribution in [0.3, 0.4) is 0 Å². The zero-order valence-corrected chi connectivity index (χ0v) is 53.1. The van der Waals surface area contributed by atoms with E-state index in [0.717, 1.165) is 12.8 Å². The number of ether oxygens (including phenoxy) is 2. The van der Waals surface area contributed by atoms with E-state index in [9.17, 15) is 43.5 Å². The molecule has 1 saturated heterocycles. The molecule has 0 unspecified atom stereocenters. The Balaban J connectivity index is 1.70. The monoisotopic (exact) mass is 1160 g/mol. The molecule has 1 aliphatic heterocycles. The van der Waals surface area contributed by atoms with Gasteiger partial charge in [0.15, 0.2) is 11.6 Å². The third-order valence-electron chi connectivity index (χ3n) is 16.7. The molecule has 2 aromatic rings. The molecule has 12 atom stereocenters. The molecule has 3 rings (SSSR count). The van der Waals surface area contributed by atoms with Gasteiger partial charge >= 0.3 is 12.1 Å². The molecule has 466 valence electrons. The first-order chi connectivity index (χ1) is 38.8. The molecule has 19 nitrogen and oxygen atoms in total. The van der Waals surface area contributed by atoms with E-state index >= 15 is 0 Å². The number of amides is 7. The number of likely N-dealkylation sites (tertiary alicyclic amines) is 1. The number of nitrogens with one attached hydrogen (secondary N) is 4. The van der Waals surface area contributed by atoms with Crippen molar-refractivity contribution in [3.8, 4) is 0 Å². The molecule has 1 fully saturated rings. The highest BCUT2D eigenvalue weighted by Gasteiger charge is 2.43.